The molecule has 4 aromatic rings. The van der Waals surface area contributed by atoms with Crippen LogP contribution < -0.4 is 0 Å². The van der Waals surface area contributed by atoms with Gasteiger partial charge in [-0.2, -0.15) is 0 Å². The average molecular weight is 419 g/mol. The summed E-state index contributed by atoms with van der Waals surface area (Å²) >= 11 is 1.60. The molecule has 4 heteroatoms. The molecule has 0 atom stereocenters. The first-order valence-electron chi connectivity index (χ1n) is 10.1. The van der Waals surface area contributed by atoms with Crippen LogP contribution in [0.25, 0.3) is 21.1 Å². The molecule has 30 heavy (non-hydrogen) atoms. The van der Waals surface area contributed by atoms with Crippen molar-refractivity contribution in [1.29, 1.82) is 0 Å². The maximum atomic E-state index is 13.4. The van der Waals surface area contributed by atoms with Gasteiger partial charge in [-0.1, -0.05) is 71.0 Å². The average Bonchev–Trinajstić information content (AvgIpc) is 3.30. The Hall–Kier alpha value is -2.72. The van der Waals surface area contributed by atoms with E-state index in [1.165, 1.54) is 0 Å². The Morgan fingerprint density at radius 3 is 2.30 bits per heavy atom. The van der Waals surface area contributed by atoms with Crippen LogP contribution in [0, 0.1) is 10.8 Å². The summed E-state index contributed by atoms with van der Waals surface area (Å²) in [6.45, 7) is 9.68. The molecule has 0 aliphatic heterocycles. The first-order chi connectivity index (χ1) is 14.1. The monoisotopic (exact) mass is 418 g/mol. The maximum Gasteiger partial charge on any atom is 0.172 e. The van der Waals surface area contributed by atoms with Gasteiger partial charge in [0.25, 0.3) is 0 Å². The third kappa shape index (κ3) is 3.50. The zero-order valence-electron chi connectivity index (χ0n) is 18.0. The van der Waals surface area contributed by atoms with Crippen LogP contribution in [-0.4, -0.2) is 11.6 Å². The highest BCUT2D eigenvalue weighted by Crippen LogP contribution is 2.36. The second kappa shape index (κ2) is 7.21. The van der Waals surface area contributed by atoms with Crippen LogP contribution >= 0.6 is 11.3 Å². The minimum absolute atomic E-state index is 0.0541. The first kappa shape index (κ1) is 20.5. The summed E-state index contributed by atoms with van der Waals surface area (Å²) in [4.78, 5) is 26.3. The zero-order valence-corrected chi connectivity index (χ0v) is 18.9. The van der Waals surface area contributed by atoms with Crippen molar-refractivity contribution in [3.8, 4) is 0 Å². The molecule has 3 nitrogen and oxygen atoms in total. The van der Waals surface area contributed by atoms with Crippen molar-refractivity contribution < 1.29 is 14.0 Å². The normalized spacial score (nSPS) is 12.6. The van der Waals surface area contributed by atoms with Crippen LogP contribution in [0.1, 0.15) is 60.9 Å². The Balaban J connectivity index is 1.70. The summed E-state index contributed by atoms with van der Waals surface area (Å²) < 4.78 is 6.97. The Morgan fingerprint density at radius 1 is 0.867 bits per heavy atom. The lowest BCUT2D eigenvalue weighted by molar-refractivity contribution is 0.0838. The zero-order chi connectivity index (χ0) is 21.7. The van der Waals surface area contributed by atoms with Gasteiger partial charge in [0.2, 0.25) is 0 Å². The predicted octanol–water partition coefficient (Wildman–Crippen LogP) is 7.33. The smallest absolute Gasteiger partial charge is 0.172 e. The van der Waals surface area contributed by atoms with Crippen molar-refractivity contribution in [1.82, 2.24) is 0 Å². The topological polar surface area (TPSA) is 47.3 Å². The standard InChI is InChI=1S/C26H26O3S/c1-25(2,3)23(27)19-14-29-22-16(9-8-11-18(19)22)13-26(4,5)24(28)20-15-30-21-12-7-6-10-17(20)21/h6-12,14-15H,13H2,1-5H3. The number of benzene rings is 2. The number of thiophene rings is 1. The minimum atomic E-state index is -0.612. The molecule has 2 aromatic carbocycles. The Kier molecular flexibility index (Phi) is 4.94. The maximum absolute atomic E-state index is 13.4. The quantitative estimate of drug-likeness (QED) is 0.319. The molecule has 0 fully saturated rings. The molecule has 0 spiro atoms. The van der Waals surface area contributed by atoms with E-state index in [9.17, 15) is 9.59 Å². The van der Waals surface area contributed by atoms with Gasteiger partial charge in [-0.25, -0.2) is 0 Å². The third-order valence-electron chi connectivity index (χ3n) is 5.58. The Morgan fingerprint density at radius 2 is 1.57 bits per heavy atom. The van der Waals surface area contributed by atoms with Gasteiger partial charge in [-0.3, -0.25) is 9.59 Å². The highest BCUT2D eigenvalue weighted by atomic mass is 32.1. The molecule has 0 bridgehead atoms. The van der Waals surface area contributed by atoms with Crippen molar-refractivity contribution in [3.63, 3.8) is 0 Å². The van der Waals surface area contributed by atoms with E-state index in [2.05, 4.69) is 0 Å². The van der Waals surface area contributed by atoms with E-state index in [0.717, 1.165) is 26.6 Å². The predicted molar refractivity (Wildman–Crippen MR) is 124 cm³/mol. The van der Waals surface area contributed by atoms with E-state index in [0.29, 0.717) is 17.6 Å². The molecule has 4 rings (SSSR count). The van der Waals surface area contributed by atoms with Gasteiger partial charge in [0.05, 0.1) is 5.56 Å². The molecule has 0 radical (unpaired) electrons. The lowest BCUT2D eigenvalue weighted by Crippen LogP contribution is -2.26. The molecule has 2 heterocycles. The highest BCUT2D eigenvalue weighted by molar-refractivity contribution is 7.17. The summed E-state index contributed by atoms with van der Waals surface area (Å²) in [5.74, 6) is 0.174. The van der Waals surface area contributed by atoms with Crippen LogP contribution in [0.15, 0.2) is 58.5 Å². The number of carbonyl (C=O) groups excluding carboxylic acids is 2. The van der Waals surface area contributed by atoms with Gasteiger partial charge < -0.3 is 4.42 Å². The molecule has 0 amide bonds. The lowest BCUT2D eigenvalue weighted by atomic mass is 9.78. The number of ketones is 2. The van der Waals surface area contributed by atoms with Crippen LogP contribution in [0.4, 0.5) is 0 Å². The summed E-state index contributed by atoms with van der Waals surface area (Å²) in [5, 5.41) is 3.79. The summed E-state index contributed by atoms with van der Waals surface area (Å²) in [5.41, 5.74) is 1.92. The molecule has 0 N–H and O–H groups in total. The molecule has 0 unspecified atom stereocenters. The van der Waals surface area contributed by atoms with Gasteiger partial charge >= 0.3 is 0 Å². The number of rotatable bonds is 5. The number of fused-ring (bicyclic) bond motifs is 2. The van der Waals surface area contributed by atoms with Crippen molar-refractivity contribution in [2.24, 2.45) is 10.8 Å². The molecular formula is C26H26O3S. The minimum Gasteiger partial charge on any atom is -0.463 e. The Bertz CT molecular complexity index is 1260. The number of carbonyl (C=O) groups is 2. The van der Waals surface area contributed by atoms with E-state index in [1.54, 1.807) is 17.6 Å². The lowest BCUT2D eigenvalue weighted by Gasteiger charge is -2.23. The van der Waals surface area contributed by atoms with Gasteiger partial charge in [0, 0.05) is 37.2 Å². The molecule has 154 valence electrons. The van der Waals surface area contributed by atoms with E-state index >= 15 is 0 Å². The number of hydrogen-bond donors (Lipinski definition) is 0. The molecule has 0 saturated carbocycles. The highest BCUT2D eigenvalue weighted by Gasteiger charge is 2.32. The number of hydrogen-bond acceptors (Lipinski definition) is 4. The fourth-order valence-electron chi connectivity index (χ4n) is 3.91. The summed E-state index contributed by atoms with van der Waals surface area (Å²) in [7, 11) is 0. The third-order valence-corrected chi connectivity index (χ3v) is 6.54. The van der Waals surface area contributed by atoms with Crippen LogP contribution in [0.5, 0.6) is 0 Å². The fourth-order valence-corrected chi connectivity index (χ4v) is 4.85. The molecular weight excluding hydrogens is 392 g/mol. The van der Waals surface area contributed by atoms with Crippen molar-refractivity contribution in [2.45, 2.75) is 41.0 Å². The van der Waals surface area contributed by atoms with Crippen molar-refractivity contribution >= 4 is 44.0 Å². The fraction of sp³-hybridized carbons (Fsp3) is 0.308. The second-order valence-electron chi connectivity index (χ2n) is 9.56. The SMILES string of the molecule is CC(C)(C)C(=O)c1coc2c(CC(C)(C)C(=O)c3csc4ccccc34)cccc12. The molecule has 2 aromatic heterocycles. The van der Waals surface area contributed by atoms with Crippen LogP contribution in [0.2, 0.25) is 0 Å². The van der Waals surface area contributed by atoms with Gasteiger partial charge in [0.1, 0.15) is 11.8 Å². The largest absolute Gasteiger partial charge is 0.463 e. The van der Waals surface area contributed by atoms with E-state index in [-0.39, 0.29) is 11.6 Å². The van der Waals surface area contributed by atoms with Crippen molar-refractivity contribution in [2.75, 3.05) is 0 Å². The summed E-state index contributed by atoms with van der Waals surface area (Å²) in [6, 6.07) is 13.9. The molecule has 0 saturated heterocycles. The number of Topliss-reactive ketones (excluding diaryl/α,β-unsaturated/α-hetero) is 2. The number of furan rings is 1. The first-order valence-corrected chi connectivity index (χ1v) is 11.0. The van der Waals surface area contributed by atoms with E-state index < -0.39 is 10.8 Å². The van der Waals surface area contributed by atoms with Crippen molar-refractivity contribution in [3.05, 3.63) is 70.8 Å². The second-order valence-corrected chi connectivity index (χ2v) is 10.5. The van der Waals surface area contributed by atoms with Gasteiger partial charge in [-0.15, -0.1) is 11.3 Å². The molecule has 0 aliphatic carbocycles. The van der Waals surface area contributed by atoms with Crippen LogP contribution in [0.3, 0.4) is 0 Å². The van der Waals surface area contributed by atoms with Crippen LogP contribution in [-0.2, 0) is 6.42 Å². The Labute approximate surface area is 180 Å². The van der Waals surface area contributed by atoms with Gasteiger partial charge in [-0.05, 0) is 18.1 Å². The van der Waals surface area contributed by atoms with E-state index in [1.807, 2.05) is 82.5 Å². The summed E-state index contributed by atoms with van der Waals surface area (Å²) in [6.07, 6.45) is 2.09. The number of para-hydroxylation sites is 1. The molecule has 0 aliphatic rings. The van der Waals surface area contributed by atoms with E-state index in [4.69, 9.17) is 4.42 Å². The van der Waals surface area contributed by atoms with Gasteiger partial charge in [0.15, 0.2) is 11.6 Å².